The first-order chi connectivity index (χ1) is 10.1. The third-order valence-corrected chi connectivity index (χ3v) is 3.79. The van der Waals surface area contributed by atoms with E-state index in [4.69, 9.17) is 10.7 Å². The van der Waals surface area contributed by atoms with E-state index in [1.54, 1.807) is 24.3 Å². The van der Waals surface area contributed by atoms with Gasteiger partial charge in [0.2, 0.25) is 0 Å². The summed E-state index contributed by atoms with van der Waals surface area (Å²) in [6.07, 6.45) is 2.17. The summed E-state index contributed by atoms with van der Waals surface area (Å²) < 4.78 is 0. The van der Waals surface area contributed by atoms with Gasteiger partial charge in [-0.15, -0.1) is 0 Å². The van der Waals surface area contributed by atoms with Crippen LogP contribution in [-0.4, -0.2) is 42.7 Å². The van der Waals surface area contributed by atoms with Gasteiger partial charge in [0.15, 0.2) is 0 Å². The third-order valence-electron chi connectivity index (χ3n) is 3.79. The zero-order valence-corrected chi connectivity index (χ0v) is 12.2. The van der Waals surface area contributed by atoms with E-state index in [0.29, 0.717) is 12.0 Å². The highest BCUT2D eigenvalue weighted by molar-refractivity contribution is 6.38. The highest BCUT2D eigenvalue weighted by Gasteiger charge is 2.20. The zero-order chi connectivity index (χ0) is 15.2. The van der Waals surface area contributed by atoms with Gasteiger partial charge in [0.25, 0.3) is 5.91 Å². The Kier molecular flexibility index (Phi) is 5.07. The van der Waals surface area contributed by atoms with Crippen LogP contribution in [0.1, 0.15) is 24.0 Å². The topological polar surface area (TPSA) is 80.0 Å². The molecule has 1 aliphatic heterocycles. The van der Waals surface area contributed by atoms with Gasteiger partial charge < -0.3 is 10.2 Å². The lowest BCUT2D eigenvalue weighted by molar-refractivity contribution is -0.115. The first-order valence-electron chi connectivity index (χ1n) is 7.14. The summed E-state index contributed by atoms with van der Waals surface area (Å²) >= 11 is 0. The Morgan fingerprint density at radius 2 is 2.00 bits per heavy atom. The summed E-state index contributed by atoms with van der Waals surface area (Å²) in [5.74, 6) is -0.283. The molecule has 5 nitrogen and oxygen atoms in total. The van der Waals surface area contributed by atoms with Crippen molar-refractivity contribution in [2.24, 2.45) is 0 Å². The molecular weight excluding hydrogens is 264 g/mol. The molecule has 0 bridgehead atoms. The van der Waals surface area contributed by atoms with Crippen molar-refractivity contribution in [2.75, 3.05) is 20.1 Å². The maximum absolute atomic E-state index is 12.0. The van der Waals surface area contributed by atoms with Crippen molar-refractivity contribution in [3.05, 3.63) is 35.4 Å². The molecule has 0 radical (unpaired) electrons. The summed E-state index contributed by atoms with van der Waals surface area (Å²) in [5.41, 5.74) is 1.53. The number of hydrogen-bond acceptors (Lipinski definition) is 4. The fraction of sp³-hybridized carbons (Fsp3) is 0.438. The number of rotatable bonds is 4. The molecule has 1 aromatic carbocycles. The van der Waals surface area contributed by atoms with Crippen LogP contribution in [0.3, 0.4) is 0 Å². The van der Waals surface area contributed by atoms with Crippen molar-refractivity contribution in [3.8, 4) is 6.07 Å². The minimum Gasteiger partial charge on any atom is -0.348 e. The lowest BCUT2D eigenvalue weighted by Crippen LogP contribution is -2.45. The molecule has 5 heteroatoms. The molecule has 1 fully saturated rings. The summed E-state index contributed by atoms with van der Waals surface area (Å²) in [5, 5.41) is 19.6. The quantitative estimate of drug-likeness (QED) is 0.819. The molecule has 1 amide bonds. The maximum atomic E-state index is 12.0. The molecule has 110 valence electrons. The molecule has 1 aliphatic rings. The SMILES string of the molecule is CN1CCC(NC(=O)C(=N)Cc2ccc(C#N)cc2)CC1. The average Bonchev–Trinajstić information content (AvgIpc) is 2.50. The highest BCUT2D eigenvalue weighted by Crippen LogP contribution is 2.09. The molecule has 1 saturated heterocycles. The fourth-order valence-electron chi connectivity index (χ4n) is 2.41. The highest BCUT2D eigenvalue weighted by atomic mass is 16.1. The van der Waals surface area contributed by atoms with Crippen LogP contribution in [0.2, 0.25) is 0 Å². The second-order valence-electron chi connectivity index (χ2n) is 5.52. The molecule has 0 atom stereocenters. The van der Waals surface area contributed by atoms with Crippen molar-refractivity contribution in [3.63, 3.8) is 0 Å². The first kappa shape index (κ1) is 15.2. The van der Waals surface area contributed by atoms with Gasteiger partial charge in [-0.3, -0.25) is 10.2 Å². The Morgan fingerprint density at radius 1 is 1.38 bits per heavy atom. The number of hydrogen-bond donors (Lipinski definition) is 2. The fourth-order valence-corrected chi connectivity index (χ4v) is 2.41. The number of nitrogens with one attached hydrogen (secondary N) is 2. The van der Waals surface area contributed by atoms with Gasteiger partial charge in [-0.1, -0.05) is 12.1 Å². The van der Waals surface area contributed by atoms with E-state index in [0.717, 1.165) is 31.5 Å². The number of piperidine rings is 1. The number of amides is 1. The Hall–Kier alpha value is -2.19. The minimum absolute atomic E-state index is 0.0682. The molecule has 0 aliphatic carbocycles. The van der Waals surface area contributed by atoms with Crippen molar-refractivity contribution in [1.29, 1.82) is 10.7 Å². The van der Waals surface area contributed by atoms with E-state index in [1.807, 2.05) is 0 Å². The molecule has 21 heavy (non-hydrogen) atoms. The number of nitriles is 1. The van der Waals surface area contributed by atoms with Crippen LogP contribution in [0.15, 0.2) is 24.3 Å². The van der Waals surface area contributed by atoms with Crippen molar-refractivity contribution >= 4 is 11.6 Å². The van der Waals surface area contributed by atoms with Gasteiger partial charge in [0.05, 0.1) is 11.6 Å². The summed E-state index contributed by atoms with van der Waals surface area (Å²) in [6.45, 7) is 1.96. The van der Waals surface area contributed by atoms with Gasteiger partial charge in [-0.2, -0.15) is 5.26 Å². The van der Waals surface area contributed by atoms with E-state index >= 15 is 0 Å². The average molecular weight is 284 g/mol. The predicted octanol–water partition coefficient (Wildman–Crippen LogP) is 1.33. The first-order valence-corrected chi connectivity index (χ1v) is 7.14. The third kappa shape index (κ3) is 4.40. The normalized spacial score (nSPS) is 16.2. The monoisotopic (exact) mass is 284 g/mol. The lowest BCUT2D eigenvalue weighted by Gasteiger charge is -2.29. The molecule has 1 heterocycles. The van der Waals surface area contributed by atoms with Gasteiger partial charge >= 0.3 is 0 Å². The van der Waals surface area contributed by atoms with Gasteiger partial charge in [-0.25, -0.2) is 0 Å². The predicted molar refractivity (Wildman–Crippen MR) is 81.2 cm³/mol. The number of carbonyl (C=O) groups excluding carboxylic acids is 1. The van der Waals surface area contributed by atoms with Crippen LogP contribution in [0.5, 0.6) is 0 Å². The van der Waals surface area contributed by atoms with Gasteiger partial charge in [-0.05, 0) is 50.7 Å². The van der Waals surface area contributed by atoms with Crippen molar-refractivity contribution < 1.29 is 4.79 Å². The van der Waals surface area contributed by atoms with E-state index < -0.39 is 0 Å². The van der Waals surface area contributed by atoms with E-state index in [9.17, 15) is 4.79 Å². The maximum Gasteiger partial charge on any atom is 0.265 e. The van der Waals surface area contributed by atoms with Gasteiger partial charge in [0.1, 0.15) is 5.71 Å². The number of benzene rings is 1. The number of nitrogens with zero attached hydrogens (tertiary/aromatic N) is 2. The van der Waals surface area contributed by atoms with Crippen LogP contribution in [0, 0.1) is 16.7 Å². The summed E-state index contributed by atoms with van der Waals surface area (Å²) in [4.78, 5) is 14.3. The standard InChI is InChI=1S/C16H20N4O/c1-20-8-6-14(7-9-20)19-16(21)15(18)10-12-2-4-13(11-17)5-3-12/h2-5,14,18H,6-10H2,1H3,(H,19,21). The van der Waals surface area contributed by atoms with Crippen LogP contribution < -0.4 is 5.32 Å². The largest absolute Gasteiger partial charge is 0.348 e. The Balaban J connectivity index is 1.84. The minimum atomic E-state index is -0.283. The molecule has 0 aromatic heterocycles. The van der Waals surface area contributed by atoms with E-state index in [-0.39, 0.29) is 17.7 Å². The number of carbonyl (C=O) groups is 1. The molecule has 2 N–H and O–H groups in total. The van der Waals surface area contributed by atoms with E-state index in [1.165, 1.54) is 0 Å². The second kappa shape index (κ2) is 7.00. The Bertz CT molecular complexity index is 551. The lowest BCUT2D eigenvalue weighted by atomic mass is 10.0. The van der Waals surface area contributed by atoms with Crippen molar-refractivity contribution in [1.82, 2.24) is 10.2 Å². The van der Waals surface area contributed by atoms with E-state index in [2.05, 4.69) is 23.3 Å². The molecule has 2 rings (SSSR count). The van der Waals surface area contributed by atoms with Crippen LogP contribution in [0.25, 0.3) is 0 Å². The Labute approximate surface area is 125 Å². The zero-order valence-electron chi connectivity index (χ0n) is 12.2. The summed E-state index contributed by atoms with van der Waals surface area (Å²) in [6, 6.07) is 9.21. The summed E-state index contributed by atoms with van der Waals surface area (Å²) in [7, 11) is 2.07. The van der Waals surface area contributed by atoms with Crippen molar-refractivity contribution in [2.45, 2.75) is 25.3 Å². The van der Waals surface area contributed by atoms with Crippen LogP contribution in [-0.2, 0) is 11.2 Å². The molecule has 0 unspecified atom stereocenters. The van der Waals surface area contributed by atoms with Crippen LogP contribution >= 0.6 is 0 Å². The van der Waals surface area contributed by atoms with Gasteiger partial charge in [0, 0.05) is 12.5 Å². The van der Waals surface area contributed by atoms with Crippen LogP contribution in [0.4, 0.5) is 0 Å². The second-order valence-corrected chi connectivity index (χ2v) is 5.52. The molecule has 1 aromatic rings. The number of likely N-dealkylation sites (tertiary alicyclic amines) is 1. The molecule has 0 saturated carbocycles. The molecular formula is C16H20N4O. The smallest absolute Gasteiger partial charge is 0.265 e. The molecule has 0 spiro atoms. The Morgan fingerprint density at radius 3 is 2.57 bits per heavy atom.